The second kappa shape index (κ2) is 4.64. The fourth-order valence-corrected chi connectivity index (χ4v) is 2.18. The highest BCUT2D eigenvalue weighted by atomic mass is 35.5. The predicted octanol–water partition coefficient (Wildman–Crippen LogP) is 1.18. The van der Waals surface area contributed by atoms with Crippen LogP contribution >= 0.6 is 11.6 Å². The van der Waals surface area contributed by atoms with E-state index in [0.29, 0.717) is 11.3 Å². The minimum atomic E-state index is -0.440. The van der Waals surface area contributed by atoms with E-state index in [1.54, 1.807) is 24.5 Å². The first kappa shape index (κ1) is 12.1. The van der Waals surface area contributed by atoms with Gasteiger partial charge in [0, 0.05) is 16.6 Å². The van der Waals surface area contributed by atoms with E-state index in [4.69, 9.17) is 11.6 Å². The topological polar surface area (TPSA) is 50.9 Å². The van der Waals surface area contributed by atoms with Crippen LogP contribution < -0.4 is 5.46 Å². The molecule has 0 aliphatic rings. The Morgan fingerprint density at radius 1 is 1.32 bits per heavy atom. The summed E-state index contributed by atoms with van der Waals surface area (Å²) >= 11 is 5.84. The highest BCUT2D eigenvalue weighted by Gasteiger charge is 2.11. The number of aromatic nitrogens is 3. The lowest BCUT2D eigenvalue weighted by molar-refractivity contribution is 0.615. The number of nitrogens with zero attached hydrogens (tertiary/aromatic N) is 3. The highest BCUT2D eigenvalue weighted by molar-refractivity contribution is 6.49. The summed E-state index contributed by atoms with van der Waals surface area (Å²) in [6, 6.07) is 5.87. The molecule has 0 radical (unpaired) electrons. The zero-order chi connectivity index (χ0) is 13.4. The monoisotopic (exact) mass is 275 g/mol. The van der Waals surface area contributed by atoms with E-state index in [0.717, 1.165) is 10.8 Å². The standard InChI is InChI=1S/C12H8BClFN3O/c14-7-3-8(15)5-9(4-7)18-12-10(6-17-18)11(13-19)1-2-16-12/h1-6,13,19H. The van der Waals surface area contributed by atoms with Crippen LogP contribution in [0.5, 0.6) is 0 Å². The third-order valence-electron chi connectivity index (χ3n) is 2.82. The molecule has 0 unspecified atom stereocenters. The second-order valence-electron chi connectivity index (χ2n) is 4.05. The lowest BCUT2D eigenvalue weighted by Gasteiger charge is -2.04. The molecule has 4 nitrogen and oxygen atoms in total. The van der Waals surface area contributed by atoms with Crippen LogP contribution in [0.15, 0.2) is 36.7 Å². The fourth-order valence-electron chi connectivity index (χ4n) is 1.97. The highest BCUT2D eigenvalue weighted by Crippen LogP contribution is 2.20. The number of benzene rings is 1. The Morgan fingerprint density at radius 3 is 2.89 bits per heavy atom. The molecule has 0 amide bonds. The number of fused-ring (bicyclic) bond motifs is 1. The Bertz CT molecular complexity index is 742. The van der Waals surface area contributed by atoms with Crippen LogP contribution in [0.4, 0.5) is 4.39 Å². The van der Waals surface area contributed by atoms with E-state index in [-0.39, 0.29) is 12.5 Å². The fraction of sp³-hybridized carbons (Fsp3) is 0. The molecule has 0 fully saturated rings. The van der Waals surface area contributed by atoms with Crippen molar-refractivity contribution in [2.75, 3.05) is 0 Å². The first-order valence-corrected chi connectivity index (χ1v) is 5.96. The van der Waals surface area contributed by atoms with Gasteiger partial charge in [0.15, 0.2) is 5.65 Å². The molecule has 0 saturated carbocycles. The molecule has 94 valence electrons. The largest absolute Gasteiger partial charge is 0.449 e. The zero-order valence-electron chi connectivity index (χ0n) is 9.72. The summed E-state index contributed by atoms with van der Waals surface area (Å²) in [5.41, 5.74) is 1.76. The molecule has 1 N–H and O–H groups in total. The number of halogens is 2. The van der Waals surface area contributed by atoms with Crippen LogP contribution in [0.3, 0.4) is 0 Å². The summed E-state index contributed by atoms with van der Waals surface area (Å²) in [6.45, 7) is 0. The first-order chi connectivity index (χ1) is 9.19. The Morgan fingerprint density at radius 2 is 2.16 bits per heavy atom. The van der Waals surface area contributed by atoms with Gasteiger partial charge in [-0.15, -0.1) is 0 Å². The average molecular weight is 275 g/mol. The van der Waals surface area contributed by atoms with E-state index in [1.807, 2.05) is 0 Å². The molecular formula is C12H8BClFN3O. The molecule has 2 aromatic heterocycles. The summed E-state index contributed by atoms with van der Waals surface area (Å²) in [4.78, 5) is 4.21. The van der Waals surface area contributed by atoms with Crippen LogP contribution in [0, 0.1) is 5.82 Å². The Hall–Kier alpha value is -1.92. The molecule has 0 aliphatic carbocycles. The van der Waals surface area contributed by atoms with Crippen molar-refractivity contribution in [3.63, 3.8) is 0 Å². The minimum Gasteiger partial charge on any atom is -0.449 e. The van der Waals surface area contributed by atoms with Crippen molar-refractivity contribution in [2.24, 2.45) is 0 Å². The maximum Gasteiger partial charge on any atom is 0.305 e. The average Bonchev–Trinajstić information content (AvgIpc) is 2.81. The first-order valence-electron chi connectivity index (χ1n) is 5.58. The van der Waals surface area contributed by atoms with Crippen molar-refractivity contribution in [1.82, 2.24) is 14.8 Å². The van der Waals surface area contributed by atoms with Gasteiger partial charge in [0.2, 0.25) is 0 Å². The third-order valence-corrected chi connectivity index (χ3v) is 3.04. The number of pyridine rings is 1. The summed E-state index contributed by atoms with van der Waals surface area (Å²) < 4.78 is 14.9. The molecule has 0 spiro atoms. The molecule has 0 bridgehead atoms. The van der Waals surface area contributed by atoms with Gasteiger partial charge in [0.1, 0.15) is 5.82 Å². The molecule has 1 aromatic carbocycles. The van der Waals surface area contributed by atoms with Crippen molar-refractivity contribution in [3.8, 4) is 5.69 Å². The van der Waals surface area contributed by atoms with Crippen LogP contribution in [-0.2, 0) is 0 Å². The number of hydrogen-bond acceptors (Lipinski definition) is 3. The predicted molar refractivity (Wildman–Crippen MR) is 72.8 cm³/mol. The lowest BCUT2D eigenvalue weighted by atomic mass is 9.87. The molecule has 2 heterocycles. The molecule has 7 heteroatoms. The smallest absolute Gasteiger partial charge is 0.305 e. The Balaban J connectivity index is 2.26. The van der Waals surface area contributed by atoms with E-state index in [2.05, 4.69) is 10.1 Å². The summed E-state index contributed by atoms with van der Waals surface area (Å²) in [6.07, 6.45) is 3.17. The maximum absolute atomic E-state index is 13.4. The summed E-state index contributed by atoms with van der Waals surface area (Å²) in [5.74, 6) is -0.440. The van der Waals surface area contributed by atoms with Gasteiger partial charge < -0.3 is 5.02 Å². The second-order valence-corrected chi connectivity index (χ2v) is 4.49. The Kier molecular flexibility index (Phi) is 2.96. The number of hydrogen-bond donors (Lipinski definition) is 1. The van der Waals surface area contributed by atoms with E-state index >= 15 is 0 Å². The van der Waals surface area contributed by atoms with Gasteiger partial charge in [0.05, 0.1) is 11.9 Å². The maximum atomic E-state index is 13.4. The molecule has 19 heavy (non-hydrogen) atoms. The van der Waals surface area contributed by atoms with Crippen molar-refractivity contribution in [1.29, 1.82) is 0 Å². The number of rotatable bonds is 2. The van der Waals surface area contributed by atoms with Gasteiger partial charge in [-0.1, -0.05) is 11.6 Å². The van der Waals surface area contributed by atoms with Gasteiger partial charge in [-0.05, 0) is 29.7 Å². The third kappa shape index (κ3) is 2.09. The van der Waals surface area contributed by atoms with E-state index in [1.165, 1.54) is 16.8 Å². The van der Waals surface area contributed by atoms with Crippen molar-refractivity contribution in [3.05, 3.63) is 47.5 Å². The summed E-state index contributed by atoms with van der Waals surface area (Å²) in [7, 11) is -0.103. The van der Waals surface area contributed by atoms with Gasteiger partial charge in [-0.3, -0.25) is 0 Å². The van der Waals surface area contributed by atoms with Crippen LogP contribution in [0.1, 0.15) is 0 Å². The minimum absolute atomic E-state index is 0.103. The molecule has 3 rings (SSSR count). The molecule has 0 atom stereocenters. The van der Waals surface area contributed by atoms with Crippen molar-refractivity contribution >= 4 is 35.6 Å². The van der Waals surface area contributed by atoms with Crippen LogP contribution in [0.2, 0.25) is 5.02 Å². The lowest BCUT2D eigenvalue weighted by Crippen LogP contribution is -2.14. The van der Waals surface area contributed by atoms with Crippen LogP contribution in [-0.4, -0.2) is 27.3 Å². The van der Waals surface area contributed by atoms with Gasteiger partial charge >= 0.3 is 7.48 Å². The van der Waals surface area contributed by atoms with Gasteiger partial charge in [0.25, 0.3) is 0 Å². The zero-order valence-corrected chi connectivity index (χ0v) is 10.5. The molecular weight excluding hydrogens is 267 g/mol. The molecule has 3 aromatic rings. The quantitative estimate of drug-likeness (QED) is 0.715. The Labute approximate surface area is 113 Å². The molecule has 0 aliphatic heterocycles. The van der Waals surface area contributed by atoms with Gasteiger partial charge in [-0.25, -0.2) is 14.1 Å². The van der Waals surface area contributed by atoms with Crippen molar-refractivity contribution in [2.45, 2.75) is 0 Å². The van der Waals surface area contributed by atoms with E-state index in [9.17, 15) is 9.41 Å². The normalized spacial score (nSPS) is 10.9. The van der Waals surface area contributed by atoms with Gasteiger partial charge in [-0.2, -0.15) is 5.10 Å². The van der Waals surface area contributed by atoms with Crippen LogP contribution in [0.25, 0.3) is 16.7 Å². The van der Waals surface area contributed by atoms with E-state index < -0.39 is 5.82 Å². The molecule has 0 saturated heterocycles. The van der Waals surface area contributed by atoms with Crippen molar-refractivity contribution < 1.29 is 9.41 Å². The SMILES string of the molecule is OBc1ccnc2c1cnn2-c1cc(F)cc(Cl)c1. The summed E-state index contributed by atoms with van der Waals surface area (Å²) in [5, 5.41) is 14.4.